The number of ether oxygens (including phenoxy) is 1. The first kappa shape index (κ1) is 22.3. The van der Waals surface area contributed by atoms with Crippen molar-refractivity contribution in [2.24, 2.45) is 16.6 Å². The largest absolute Gasteiger partial charge is 0.383 e. The van der Waals surface area contributed by atoms with Crippen molar-refractivity contribution in [1.29, 1.82) is 5.26 Å². The number of nitriles is 1. The van der Waals surface area contributed by atoms with Gasteiger partial charge < -0.3 is 15.4 Å². The van der Waals surface area contributed by atoms with E-state index in [4.69, 9.17) is 25.5 Å². The quantitative estimate of drug-likeness (QED) is 0.699. The van der Waals surface area contributed by atoms with Gasteiger partial charge in [-0.05, 0) is 31.9 Å². The van der Waals surface area contributed by atoms with Gasteiger partial charge in [0.2, 0.25) is 0 Å². The maximum Gasteiger partial charge on any atom is 0.171 e. The van der Waals surface area contributed by atoms with Crippen LogP contribution in [0.3, 0.4) is 0 Å². The molecule has 5 rings (SSSR count). The summed E-state index contributed by atoms with van der Waals surface area (Å²) in [5.74, 6) is 1.46. The Morgan fingerprint density at radius 1 is 1.18 bits per heavy atom. The number of nitrogens with two attached hydrogens (primary N) is 1. The Hall–Kier alpha value is -3.51. The van der Waals surface area contributed by atoms with Crippen LogP contribution < -0.4 is 5.73 Å². The van der Waals surface area contributed by atoms with Crippen molar-refractivity contribution >= 4 is 11.6 Å². The Morgan fingerprint density at radius 2 is 1.94 bits per heavy atom. The molecule has 1 aliphatic carbocycles. The van der Waals surface area contributed by atoms with Gasteiger partial charge in [0.05, 0.1) is 24.5 Å². The lowest BCUT2D eigenvalue weighted by atomic mass is 9.65. The SMILES string of the molecule is Cc1nc(C2(C3CCCCCC3=O)C(N3CCOCC3)=NC(N)=C2C#N)nn1-c1ccccc1. The summed E-state index contributed by atoms with van der Waals surface area (Å²) in [6, 6.07) is 12.1. The Bertz CT molecular complexity index is 1190. The Kier molecular flexibility index (Phi) is 5.92. The third-order valence-corrected chi connectivity index (χ3v) is 7.10. The highest BCUT2D eigenvalue weighted by Crippen LogP contribution is 2.48. The van der Waals surface area contributed by atoms with Crippen LogP contribution in [0, 0.1) is 24.2 Å². The minimum absolute atomic E-state index is 0.120. The van der Waals surface area contributed by atoms with Gasteiger partial charge in [0.15, 0.2) is 5.82 Å². The highest BCUT2D eigenvalue weighted by molar-refractivity contribution is 6.04. The van der Waals surface area contributed by atoms with Crippen LogP contribution in [0.15, 0.2) is 46.7 Å². The molecular weight excluding hydrogens is 430 g/mol. The molecule has 1 saturated carbocycles. The van der Waals surface area contributed by atoms with Gasteiger partial charge in [-0.15, -0.1) is 5.10 Å². The standard InChI is InChI=1S/C25H29N7O2/c1-17-28-23(30-32(17)18-8-4-2-5-9-18)25(19-10-6-3-7-11-21(19)33)20(16-26)22(27)29-24(25)31-12-14-34-15-13-31/h2,4-5,8-9,19H,3,6-7,10-15,27H2,1H3. The van der Waals surface area contributed by atoms with E-state index in [9.17, 15) is 10.1 Å². The monoisotopic (exact) mass is 459 g/mol. The minimum atomic E-state index is -1.21. The molecule has 3 heterocycles. The third-order valence-electron chi connectivity index (χ3n) is 7.10. The molecule has 2 aliphatic heterocycles. The van der Waals surface area contributed by atoms with Crippen molar-refractivity contribution in [3.05, 3.63) is 53.4 Å². The number of carbonyl (C=O) groups excluding carboxylic acids is 1. The smallest absolute Gasteiger partial charge is 0.171 e. The molecule has 1 saturated heterocycles. The van der Waals surface area contributed by atoms with Gasteiger partial charge in [-0.3, -0.25) is 4.79 Å². The molecule has 0 amide bonds. The summed E-state index contributed by atoms with van der Waals surface area (Å²) in [6.07, 6.45) is 3.83. The molecule has 1 aromatic carbocycles. The molecule has 2 unspecified atom stereocenters. The van der Waals surface area contributed by atoms with E-state index in [-0.39, 0.29) is 17.2 Å². The number of nitrogens with zero attached hydrogens (tertiary/aromatic N) is 6. The topological polar surface area (TPSA) is 122 Å². The molecule has 0 bridgehead atoms. The van der Waals surface area contributed by atoms with Crippen LogP contribution in [0.25, 0.3) is 5.69 Å². The van der Waals surface area contributed by atoms with Crippen LogP contribution in [-0.4, -0.2) is 57.6 Å². The Labute approximate surface area is 198 Å². The molecule has 0 spiro atoms. The first-order valence-electron chi connectivity index (χ1n) is 11.9. The van der Waals surface area contributed by atoms with Crippen LogP contribution in [0.1, 0.15) is 43.8 Å². The van der Waals surface area contributed by atoms with Crippen molar-refractivity contribution in [2.45, 2.75) is 44.4 Å². The molecule has 3 aliphatic rings. The third kappa shape index (κ3) is 3.49. The van der Waals surface area contributed by atoms with Crippen molar-refractivity contribution in [3.8, 4) is 11.8 Å². The van der Waals surface area contributed by atoms with Crippen LogP contribution in [0.2, 0.25) is 0 Å². The first-order chi connectivity index (χ1) is 16.6. The van der Waals surface area contributed by atoms with Gasteiger partial charge in [-0.2, -0.15) is 5.26 Å². The maximum atomic E-state index is 13.6. The zero-order valence-corrected chi connectivity index (χ0v) is 19.4. The van der Waals surface area contributed by atoms with E-state index in [1.807, 2.05) is 37.3 Å². The zero-order valence-electron chi connectivity index (χ0n) is 19.4. The number of amidine groups is 1. The van der Waals surface area contributed by atoms with Gasteiger partial charge in [0.25, 0.3) is 0 Å². The number of Topliss-reactive ketones (excluding diaryl/α,β-unsaturated/α-hetero) is 1. The van der Waals surface area contributed by atoms with Crippen molar-refractivity contribution in [2.75, 3.05) is 26.3 Å². The van der Waals surface area contributed by atoms with Gasteiger partial charge in [-0.1, -0.05) is 31.0 Å². The summed E-state index contributed by atoms with van der Waals surface area (Å²) >= 11 is 0. The number of ketones is 1. The summed E-state index contributed by atoms with van der Waals surface area (Å²) < 4.78 is 7.33. The molecule has 9 heteroatoms. The van der Waals surface area contributed by atoms with E-state index >= 15 is 0 Å². The maximum absolute atomic E-state index is 13.6. The lowest BCUT2D eigenvalue weighted by Gasteiger charge is -2.41. The second-order valence-corrected chi connectivity index (χ2v) is 9.06. The van der Waals surface area contributed by atoms with E-state index in [0.717, 1.165) is 24.9 Å². The van der Waals surface area contributed by atoms with Gasteiger partial charge in [0, 0.05) is 25.4 Å². The fourth-order valence-corrected chi connectivity index (χ4v) is 5.50. The first-order valence-corrected chi connectivity index (χ1v) is 11.9. The molecule has 9 nitrogen and oxygen atoms in total. The number of benzene rings is 1. The molecule has 2 aromatic rings. The fourth-order valence-electron chi connectivity index (χ4n) is 5.50. The van der Waals surface area contributed by atoms with Gasteiger partial charge in [-0.25, -0.2) is 14.7 Å². The number of hydrogen-bond acceptors (Lipinski definition) is 8. The summed E-state index contributed by atoms with van der Waals surface area (Å²) in [7, 11) is 0. The Balaban J connectivity index is 1.75. The summed E-state index contributed by atoms with van der Waals surface area (Å²) in [6.45, 7) is 4.17. The number of morpholine rings is 1. The van der Waals surface area contributed by atoms with Crippen molar-refractivity contribution < 1.29 is 9.53 Å². The van der Waals surface area contributed by atoms with Gasteiger partial charge >= 0.3 is 0 Å². The number of rotatable bonds is 3. The number of carbonyl (C=O) groups is 1. The number of aryl methyl sites for hydroxylation is 1. The van der Waals surface area contributed by atoms with E-state index < -0.39 is 11.3 Å². The second kappa shape index (κ2) is 9.03. The summed E-state index contributed by atoms with van der Waals surface area (Å²) in [5, 5.41) is 15.3. The fraction of sp³-hybridized carbons (Fsp3) is 0.480. The molecule has 34 heavy (non-hydrogen) atoms. The molecule has 2 atom stereocenters. The molecule has 2 N–H and O–H groups in total. The average molecular weight is 460 g/mol. The van der Waals surface area contributed by atoms with E-state index in [1.165, 1.54) is 0 Å². The van der Waals surface area contributed by atoms with Crippen LogP contribution >= 0.6 is 0 Å². The van der Waals surface area contributed by atoms with Gasteiger partial charge in [0.1, 0.15) is 34.7 Å². The van der Waals surface area contributed by atoms with E-state index in [2.05, 4.69) is 11.0 Å². The highest BCUT2D eigenvalue weighted by atomic mass is 16.5. The van der Waals surface area contributed by atoms with Crippen molar-refractivity contribution in [3.63, 3.8) is 0 Å². The number of aliphatic imine (C=N–C) groups is 1. The van der Waals surface area contributed by atoms with E-state index in [1.54, 1.807) is 4.68 Å². The second-order valence-electron chi connectivity index (χ2n) is 9.06. The normalized spacial score (nSPS) is 25.8. The molecule has 2 fully saturated rings. The predicted molar refractivity (Wildman–Crippen MR) is 126 cm³/mol. The van der Waals surface area contributed by atoms with Crippen molar-refractivity contribution in [1.82, 2.24) is 19.7 Å². The molecule has 0 radical (unpaired) electrons. The van der Waals surface area contributed by atoms with Crippen LogP contribution in [-0.2, 0) is 14.9 Å². The predicted octanol–water partition coefficient (Wildman–Crippen LogP) is 2.40. The number of para-hydroxylation sites is 1. The number of hydrogen-bond donors (Lipinski definition) is 1. The average Bonchev–Trinajstić information content (AvgIpc) is 3.30. The van der Waals surface area contributed by atoms with E-state index in [0.29, 0.717) is 56.6 Å². The Morgan fingerprint density at radius 3 is 2.68 bits per heavy atom. The van der Waals surface area contributed by atoms with Crippen LogP contribution in [0.5, 0.6) is 0 Å². The zero-order chi connectivity index (χ0) is 23.7. The number of aromatic nitrogens is 3. The highest BCUT2D eigenvalue weighted by Gasteiger charge is 2.59. The summed E-state index contributed by atoms with van der Waals surface area (Å²) in [4.78, 5) is 25.3. The summed E-state index contributed by atoms with van der Waals surface area (Å²) in [5.41, 5.74) is 6.32. The molecule has 1 aromatic heterocycles. The lowest BCUT2D eigenvalue weighted by molar-refractivity contribution is -0.123. The lowest BCUT2D eigenvalue weighted by Crippen LogP contribution is -2.55. The molecular formula is C25H29N7O2. The van der Waals surface area contributed by atoms with Crippen LogP contribution in [0.4, 0.5) is 0 Å². The minimum Gasteiger partial charge on any atom is -0.383 e. The molecule has 176 valence electrons.